The van der Waals surface area contributed by atoms with Crippen molar-refractivity contribution >= 4 is 0 Å². The number of para-hydroxylation sites is 1. The molecule has 0 aliphatic carbocycles. The molecular formula is C13H13N3O. The standard InChI is InChI=1S/C13H13N3O/c14-8-10-7-9-3-1-4-11(12(9)17-10)13-15-5-2-6-16-13/h1-6,10H,7-8,14H2. The molecule has 3 rings (SSSR count). The fourth-order valence-electron chi connectivity index (χ4n) is 2.08. The number of ether oxygens (including phenoxy) is 1. The Balaban J connectivity index is 2.07. The van der Waals surface area contributed by atoms with Gasteiger partial charge in [-0.05, 0) is 17.7 Å². The number of rotatable bonds is 2. The summed E-state index contributed by atoms with van der Waals surface area (Å²) in [5.74, 6) is 1.58. The van der Waals surface area contributed by atoms with Gasteiger partial charge in [0.05, 0.1) is 5.56 Å². The molecule has 1 aromatic carbocycles. The van der Waals surface area contributed by atoms with Gasteiger partial charge >= 0.3 is 0 Å². The summed E-state index contributed by atoms with van der Waals surface area (Å²) in [6.07, 6.45) is 4.41. The molecule has 1 aliphatic heterocycles. The maximum atomic E-state index is 5.84. The van der Waals surface area contributed by atoms with Gasteiger partial charge in [-0.3, -0.25) is 0 Å². The van der Waals surface area contributed by atoms with E-state index in [0.29, 0.717) is 12.4 Å². The second-order valence-corrected chi connectivity index (χ2v) is 4.05. The number of aromatic nitrogens is 2. The molecule has 0 radical (unpaired) electrons. The SMILES string of the molecule is NCC1Cc2cccc(-c3ncccn3)c2O1. The molecule has 17 heavy (non-hydrogen) atoms. The van der Waals surface area contributed by atoms with E-state index in [1.807, 2.05) is 12.1 Å². The Morgan fingerprint density at radius 2 is 2.06 bits per heavy atom. The summed E-state index contributed by atoms with van der Waals surface area (Å²) in [7, 11) is 0. The monoisotopic (exact) mass is 227 g/mol. The summed E-state index contributed by atoms with van der Waals surface area (Å²) in [4.78, 5) is 8.51. The third kappa shape index (κ3) is 1.76. The Labute approximate surface area is 99.5 Å². The van der Waals surface area contributed by atoms with E-state index in [1.54, 1.807) is 18.5 Å². The molecule has 0 bridgehead atoms. The van der Waals surface area contributed by atoms with E-state index < -0.39 is 0 Å². The van der Waals surface area contributed by atoms with Crippen molar-refractivity contribution in [2.24, 2.45) is 5.73 Å². The van der Waals surface area contributed by atoms with Crippen molar-refractivity contribution in [3.05, 3.63) is 42.2 Å². The lowest BCUT2D eigenvalue weighted by Crippen LogP contribution is -2.24. The molecule has 0 fully saturated rings. The first kappa shape index (κ1) is 10.2. The molecule has 2 N–H and O–H groups in total. The molecule has 1 unspecified atom stereocenters. The van der Waals surface area contributed by atoms with Crippen molar-refractivity contribution in [2.75, 3.05) is 6.54 Å². The van der Waals surface area contributed by atoms with E-state index in [4.69, 9.17) is 10.5 Å². The van der Waals surface area contributed by atoms with Crippen LogP contribution < -0.4 is 10.5 Å². The van der Waals surface area contributed by atoms with Gasteiger partial charge < -0.3 is 10.5 Å². The highest BCUT2D eigenvalue weighted by atomic mass is 16.5. The molecule has 0 amide bonds. The summed E-state index contributed by atoms with van der Waals surface area (Å²) in [5.41, 5.74) is 7.77. The highest BCUT2D eigenvalue weighted by molar-refractivity contribution is 5.67. The third-order valence-corrected chi connectivity index (χ3v) is 2.90. The van der Waals surface area contributed by atoms with Crippen LogP contribution in [0.15, 0.2) is 36.7 Å². The molecule has 0 spiro atoms. The minimum absolute atomic E-state index is 0.0786. The number of hydrogen-bond acceptors (Lipinski definition) is 4. The number of benzene rings is 1. The lowest BCUT2D eigenvalue weighted by Gasteiger charge is -2.09. The first-order valence-corrected chi connectivity index (χ1v) is 5.64. The van der Waals surface area contributed by atoms with Crippen LogP contribution in [0.2, 0.25) is 0 Å². The largest absolute Gasteiger partial charge is 0.488 e. The molecule has 86 valence electrons. The van der Waals surface area contributed by atoms with Gasteiger partial charge in [-0.2, -0.15) is 0 Å². The summed E-state index contributed by atoms with van der Waals surface area (Å²) in [6.45, 7) is 0.532. The van der Waals surface area contributed by atoms with E-state index in [0.717, 1.165) is 17.7 Å². The second kappa shape index (κ2) is 4.14. The van der Waals surface area contributed by atoms with E-state index >= 15 is 0 Å². The normalized spacial score (nSPS) is 17.6. The van der Waals surface area contributed by atoms with E-state index in [2.05, 4.69) is 16.0 Å². The molecule has 1 aromatic heterocycles. The molecule has 0 saturated carbocycles. The fraction of sp³-hybridized carbons (Fsp3) is 0.231. The molecule has 1 aliphatic rings. The lowest BCUT2D eigenvalue weighted by atomic mass is 10.1. The van der Waals surface area contributed by atoms with E-state index in [-0.39, 0.29) is 6.10 Å². The van der Waals surface area contributed by atoms with Crippen LogP contribution in [-0.4, -0.2) is 22.6 Å². The van der Waals surface area contributed by atoms with Gasteiger partial charge in [0.25, 0.3) is 0 Å². The average Bonchev–Trinajstić information content (AvgIpc) is 2.82. The van der Waals surface area contributed by atoms with E-state index in [9.17, 15) is 0 Å². The maximum Gasteiger partial charge on any atom is 0.162 e. The Kier molecular flexibility index (Phi) is 2.49. The van der Waals surface area contributed by atoms with Crippen LogP contribution in [0.25, 0.3) is 11.4 Å². The van der Waals surface area contributed by atoms with Crippen LogP contribution in [0.1, 0.15) is 5.56 Å². The van der Waals surface area contributed by atoms with Crippen molar-refractivity contribution in [2.45, 2.75) is 12.5 Å². The second-order valence-electron chi connectivity index (χ2n) is 4.05. The smallest absolute Gasteiger partial charge is 0.162 e. The summed E-state index contributed by atoms with van der Waals surface area (Å²) >= 11 is 0. The predicted molar refractivity (Wildman–Crippen MR) is 64.6 cm³/mol. The van der Waals surface area contributed by atoms with Crippen LogP contribution in [0.3, 0.4) is 0 Å². The topological polar surface area (TPSA) is 61.0 Å². The quantitative estimate of drug-likeness (QED) is 0.842. The number of hydrogen-bond donors (Lipinski definition) is 1. The number of fused-ring (bicyclic) bond motifs is 1. The van der Waals surface area contributed by atoms with Crippen LogP contribution in [0.4, 0.5) is 0 Å². The van der Waals surface area contributed by atoms with Crippen molar-refractivity contribution in [1.82, 2.24) is 9.97 Å². The van der Waals surface area contributed by atoms with Gasteiger partial charge in [-0.15, -0.1) is 0 Å². The Bertz CT molecular complexity index is 527. The number of nitrogens with zero attached hydrogens (tertiary/aromatic N) is 2. The molecule has 1 atom stereocenters. The Morgan fingerprint density at radius 3 is 2.82 bits per heavy atom. The van der Waals surface area contributed by atoms with Crippen molar-refractivity contribution in [3.8, 4) is 17.1 Å². The molecule has 4 nitrogen and oxygen atoms in total. The molecule has 2 heterocycles. The zero-order valence-electron chi connectivity index (χ0n) is 9.34. The van der Waals surface area contributed by atoms with Crippen molar-refractivity contribution < 1.29 is 4.74 Å². The first-order valence-electron chi connectivity index (χ1n) is 5.64. The van der Waals surface area contributed by atoms with Gasteiger partial charge in [0.1, 0.15) is 11.9 Å². The van der Waals surface area contributed by atoms with Gasteiger partial charge in [0.2, 0.25) is 0 Å². The minimum atomic E-state index is 0.0786. The highest BCUT2D eigenvalue weighted by Gasteiger charge is 2.25. The zero-order valence-corrected chi connectivity index (χ0v) is 9.34. The van der Waals surface area contributed by atoms with Crippen LogP contribution in [-0.2, 0) is 6.42 Å². The summed E-state index contributed by atoms with van der Waals surface area (Å²) < 4.78 is 5.84. The molecule has 2 aromatic rings. The Hall–Kier alpha value is -1.94. The zero-order chi connectivity index (χ0) is 11.7. The fourth-order valence-corrected chi connectivity index (χ4v) is 2.08. The summed E-state index contributed by atoms with van der Waals surface area (Å²) in [5, 5.41) is 0. The van der Waals surface area contributed by atoms with Crippen molar-refractivity contribution in [1.29, 1.82) is 0 Å². The molecular weight excluding hydrogens is 214 g/mol. The first-order chi connectivity index (χ1) is 8.38. The molecule has 4 heteroatoms. The maximum absolute atomic E-state index is 5.84. The van der Waals surface area contributed by atoms with Gasteiger partial charge in [-0.25, -0.2) is 9.97 Å². The third-order valence-electron chi connectivity index (χ3n) is 2.90. The average molecular weight is 227 g/mol. The van der Waals surface area contributed by atoms with Gasteiger partial charge in [0, 0.05) is 25.4 Å². The van der Waals surface area contributed by atoms with Crippen LogP contribution >= 0.6 is 0 Å². The lowest BCUT2D eigenvalue weighted by molar-refractivity contribution is 0.242. The Morgan fingerprint density at radius 1 is 1.24 bits per heavy atom. The van der Waals surface area contributed by atoms with Gasteiger partial charge in [0.15, 0.2) is 5.82 Å². The molecule has 0 saturated heterocycles. The van der Waals surface area contributed by atoms with Crippen LogP contribution in [0.5, 0.6) is 5.75 Å². The van der Waals surface area contributed by atoms with Crippen LogP contribution in [0, 0.1) is 0 Å². The van der Waals surface area contributed by atoms with Gasteiger partial charge in [-0.1, -0.05) is 12.1 Å². The summed E-state index contributed by atoms with van der Waals surface area (Å²) in [6, 6.07) is 7.85. The van der Waals surface area contributed by atoms with Crippen molar-refractivity contribution in [3.63, 3.8) is 0 Å². The highest BCUT2D eigenvalue weighted by Crippen LogP contribution is 2.36. The minimum Gasteiger partial charge on any atom is -0.488 e. The number of nitrogens with two attached hydrogens (primary N) is 1. The predicted octanol–water partition coefficient (Wildman–Crippen LogP) is 1.41. The van der Waals surface area contributed by atoms with E-state index in [1.165, 1.54) is 5.56 Å².